The van der Waals surface area contributed by atoms with Crippen LogP contribution in [0.25, 0.3) is 0 Å². The van der Waals surface area contributed by atoms with Gasteiger partial charge in [0.05, 0.1) is 0 Å². The predicted octanol–water partition coefficient (Wildman–Crippen LogP) is 3.50. The summed E-state index contributed by atoms with van der Waals surface area (Å²) in [7, 11) is 2.09. The molecule has 0 aliphatic carbocycles. The first-order valence-corrected chi connectivity index (χ1v) is 6.34. The monoisotopic (exact) mass is 233 g/mol. The van der Waals surface area contributed by atoms with E-state index in [1.165, 1.54) is 16.8 Å². The van der Waals surface area contributed by atoms with E-state index < -0.39 is 0 Å². The van der Waals surface area contributed by atoms with Crippen LogP contribution in [-0.2, 0) is 4.79 Å². The predicted molar refractivity (Wildman–Crippen MR) is 73.7 cm³/mol. The highest BCUT2D eigenvalue weighted by Crippen LogP contribution is 2.20. The second-order valence-corrected chi connectivity index (χ2v) is 4.71. The molecule has 1 rings (SSSR count). The minimum atomic E-state index is 0.360. The molecule has 0 bridgehead atoms. The van der Waals surface area contributed by atoms with Crippen molar-refractivity contribution in [3.05, 3.63) is 29.3 Å². The van der Waals surface area contributed by atoms with Crippen LogP contribution in [0.5, 0.6) is 0 Å². The van der Waals surface area contributed by atoms with E-state index in [4.69, 9.17) is 0 Å². The highest BCUT2D eigenvalue weighted by Gasteiger charge is 2.05. The summed E-state index contributed by atoms with van der Waals surface area (Å²) in [4.78, 5) is 13.5. The maximum Gasteiger partial charge on any atom is 0.132 e. The van der Waals surface area contributed by atoms with Gasteiger partial charge in [-0.3, -0.25) is 4.79 Å². The lowest BCUT2D eigenvalue weighted by atomic mass is 10.1. The molecule has 0 aliphatic rings. The fourth-order valence-corrected chi connectivity index (χ4v) is 2.04. The van der Waals surface area contributed by atoms with Gasteiger partial charge in [-0.25, -0.2) is 0 Å². The summed E-state index contributed by atoms with van der Waals surface area (Å²) >= 11 is 0. The molecule has 0 aliphatic heterocycles. The molecular formula is C15H23NO. The van der Waals surface area contributed by atoms with Gasteiger partial charge in [-0.2, -0.15) is 0 Å². The molecule has 94 valence electrons. The van der Waals surface area contributed by atoms with Gasteiger partial charge in [-0.15, -0.1) is 0 Å². The second-order valence-electron chi connectivity index (χ2n) is 4.71. The standard InChI is InChI=1S/C15H23NO/c1-5-14(17)7-6-10-16(4)15-9-8-12(2)11-13(15)3/h8-9,11H,5-7,10H2,1-4H3. The van der Waals surface area contributed by atoms with Crippen molar-refractivity contribution in [3.63, 3.8) is 0 Å². The molecule has 0 unspecified atom stereocenters. The maximum absolute atomic E-state index is 11.2. The smallest absolute Gasteiger partial charge is 0.132 e. The van der Waals surface area contributed by atoms with Crippen molar-refractivity contribution in [1.29, 1.82) is 0 Å². The molecule has 0 radical (unpaired) electrons. The minimum absolute atomic E-state index is 0.360. The number of aryl methyl sites for hydroxylation is 2. The first kappa shape index (κ1) is 13.8. The van der Waals surface area contributed by atoms with Crippen molar-refractivity contribution >= 4 is 11.5 Å². The molecule has 2 nitrogen and oxygen atoms in total. The fraction of sp³-hybridized carbons (Fsp3) is 0.533. The Kier molecular flexibility index (Phi) is 5.20. The highest BCUT2D eigenvalue weighted by atomic mass is 16.1. The first-order valence-electron chi connectivity index (χ1n) is 6.34. The summed E-state index contributed by atoms with van der Waals surface area (Å²) in [5.41, 5.74) is 3.86. The first-order chi connectivity index (χ1) is 8.04. The zero-order valence-electron chi connectivity index (χ0n) is 11.4. The molecular weight excluding hydrogens is 210 g/mol. The van der Waals surface area contributed by atoms with E-state index in [1.807, 2.05) is 6.92 Å². The van der Waals surface area contributed by atoms with Crippen LogP contribution in [0.4, 0.5) is 5.69 Å². The highest BCUT2D eigenvalue weighted by molar-refractivity contribution is 5.77. The average molecular weight is 233 g/mol. The number of anilines is 1. The lowest BCUT2D eigenvalue weighted by Gasteiger charge is -2.21. The van der Waals surface area contributed by atoms with Crippen molar-refractivity contribution in [3.8, 4) is 0 Å². The molecule has 0 atom stereocenters. The normalized spacial score (nSPS) is 10.4. The van der Waals surface area contributed by atoms with Crippen LogP contribution in [0.1, 0.15) is 37.3 Å². The largest absolute Gasteiger partial charge is 0.374 e. The quantitative estimate of drug-likeness (QED) is 0.749. The Morgan fingerprint density at radius 3 is 2.59 bits per heavy atom. The topological polar surface area (TPSA) is 20.3 Å². The van der Waals surface area contributed by atoms with Crippen LogP contribution >= 0.6 is 0 Å². The van der Waals surface area contributed by atoms with Crippen LogP contribution in [0.15, 0.2) is 18.2 Å². The molecule has 0 heterocycles. The maximum atomic E-state index is 11.2. The zero-order chi connectivity index (χ0) is 12.8. The molecule has 0 spiro atoms. The molecule has 0 fully saturated rings. The van der Waals surface area contributed by atoms with Crippen LogP contribution < -0.4 is 4.90 Å². The van der Waals surface area contributed by atoms with Gasteiger partial charge in [-0.05, 0) is 31.9 Å². The van der Waals surface area contributed by atoms with Gasteiger partial charge in [0.2, 0.25) is 0 Å². The third-order valence-electron chi connectivity index (χ3n) is 3.11. The van der Waals surface area contributed by atoms with Crippen LogP contribution in [-0.4, -0.2) is 19.4 Å². The van der Waals surface area contributed by atoms with Crippen molar-refractivity contribution in [1.82, 2.24) is 0 Å². The molecule has 0 amide bonds. The van der Waals surface area contributed by atoms with Gasteiger partial charge >= 0.3 is 0 Å². The number of hydrogen-bond donors (Lipinski definition) is 0. The summed E-state index contributed by atoms with van der Waals surface area (Å²) in [6.45, 7) is 7.11. The number of nitrogens with zero attached hydrogens (tertiary/aromatic N) is 1. The molecule has 0 N–H and O–H groups in total. The summed E-state index contributed by atoms with van der Waals surface area (Å²) in [6, 6.07) is 6.49. The van der Waals surface area contributed by atoms with Gasteiger partial charge in [-0.1, -0.05) is 24.6 Å². The minimum Gasteiger partial charge on any atom is -0.374 e. The third-order valence-corrected chi connectivity index (χ3v) is 3.11. The average Bonchev–Trinajstić information content (AvgIpc) is 2.28. The Balaban J connectivity index is 2.52. The van der Waals surface area contributed by atoms with E-state index in [2.05, 4.69) is 44.0 Å². The molecule has 0 saturated heterocycles. The number of Topliss-reactive ketones (excluding diaryl/α,β-unsaturated/α-hetero) is 1. The van der Waals surface area contributed by atoms with Gasteiger partial charge in [0, 0.05) is 32.1 Å². The number of hydrogen-bond acceptors (Lipinski definition) is 2. The Morgan fingerprint density at radius 2 is 2.00 bits per heavy atom. The molecule has 2 heteroatoms. The number of benzene rings is 1. The van der Waals surface area contributed by atoms with E-state index in [0.29, 0.717) is 18.6 Å². The second kappa shape index (κ2) is 6.43. The molecule has 0 aromatic heterocycles. The van der Waals surface area contributed by atoms with Crippen LogP contribution in [0, 0.1) is 13.8 Å². The van der Waals surface area contributed by atoms with Gasteiger partial charge in [0.25, 0.3) is 0 Å². The van der Waals surface area contributed by atoms with Gasteiger partial charge in [0.15, 0.2) is 0 Å². The Hall–Kier alpha value is -1.31. The van der Waals surface area contributed by atoms with Gasteiger partial charge < -0.3 is 4.90 Å². The summed E-state index contributed by atoms with van der Waals surface area (Å²) in [5, 5.41) is 0. The summed E-state index contributed by atoms with van der Waals surface area (Å²) in [5.74, 6) is 0.360. The lowest BCUT2D eigenvalue weighted by Crippen LogP contribution is -2.20. The number of carbonyl (C=O) groups excluding carboxylic acids is 1. The van der Waals surface area contributed by atoms with E-state index in [0.717, 1.165) is 13.0 Å². The Bertz CT molecular complexity index is 385. The Labute approximate surface area is 105 Å². The van der Waals surface area contributed by atoms with Crippen LogP contribution in [0.2, 0.25) is 0 Å². The van der Waals surface area contributed by atoms with E-state index in [1.54, 1.807) is 0 Å². The zero-order valence-corrected chi connectivity index (χ0v) is 11.4. The van der Waals surface area contributed by atoms with E-state index in [9.17, 15) is 4.79 Å². The third kappa shape index (κ3) is 4.22. The van der Waals surface area contributed by atoms with E-state index >= 15 is 0 Å². The number of carbonyl (C=O) groups is 1. The number of rotatable bonds is 6. The van der Waals surface area contributed by atoms with Crippen molar-refractivity contribution in [2.45, 2.75) is 40.0 Å². The number of ketones is 1. The van der Waals surface area contributed by atoms with Crippen molar-refractivity contribution < 1.29 is 4.79 Å². The molecule has 1 aromatic carbocycles. The molecule has 17 heavy (non-hydrogen) atoms. The van der Waals surface area contributed by atoms with Crippen molar-refractivity contribution in [2.75, 3.05) is 18.5 Å². The molecule has 0 saturated carbocycles. The van der Waals surface area contributed by atoms with Gasteiger partial charge in [0.1, 0.15) is 5.78 Å². The Morgan fingerprint density at radius 1 is 1.29 bits per heavy atom. The van der Waals surface area contributed by atoms with Crippen molar-refractivity contribution in [2.24, 2.45) is 0 Å². The van der Waals surface area contributed by atoms with Crippen LogP contribution in [0.3, 0.4) is 0 Å². The summed E-state index contributed by atoms with van der Waals surface area (Å²) in [6.07, 6.45) is 2.30. The SMILES string of the molecule is CCC(=O)CCCN(C)c1ccc(C)cc1C. The fourth-order valence-electron chi connectivity index (χ4n) is 2.04. The molecule has 1 aromatic rings. The lowest BCUT2D eigenvalue weighted by molar-refractivity contribution is -0.118. The summed E-state index contributed by atoms with van der Waals surface area (Å²) < 4.78 is 0. The van der Waals surface area contributed by atoms with E-state index in [-0.39, 0.29) is 0 Å².